The number of rotatable bonds is 4. The highest BCUT2D eigenvalue weighted by atomic mass is 32.2. The highest BCUT2D eigenvalue weighted by molar-refractivity contribution is 7.91. The molecule has 6 rings (SSSR count). The van der Waals surface area contributed by atoms with Crippen molar-refractivity contribution in [1.82, 2.24) is 24.7 Å². The standard InChI is InChI=1S/C38H44FN5O5S2/c1-36(2)14-8-15-38(5,25-10-7-9-24(19-25)22-37(3,4)35(45)46)34-42-33(44(6)43-34)31-20-26(11-16-41-31)50(47)32-28(13-18-51(48,49)23-36)27-12-17-40-30(27)21-29(32)39/h7,9-12,16-17,19-21,40H,8,13-15,18,22-23H2,1-6H3,(H,45,46)/t38-,50?/m1/s1. The molecule has 0 fully saturated rings. The van der Waals surface area contributed by atoms with E-state index in [9.17, 15) is 22.5 Å². The van der Waals surface area contributed by atoms with Crippen molar-refractivity contribution in [1.29, 1.82) is 0 Å². The zero-order chi connectivity index (χ0) is 36.9. The van der Waals surface area contributed by atoms with Gasteiger partial charge in [0, 0.05) is 35.2 Å². The van der Waals surface area contributed by atoms with Crippen LogP contribution in [0.3, 0.4) is 0 Å². The van der Waals surface area contributed by atoms with Crippen molar-refractivity contribution in [3.05, 3.63) is 89.3 Å². The Morgan fingerprint density at radius 2 is 1.88 bits per heavy atom. The minimum Gasteiger partial charge on any atom is -0.481 e. The molecule has 1 unspecified atom stereocenters. The van der Waals surface area contributed by atoms with Gasteiger partial charge in [-0.2, -0.15) is 5.10 Å². The van der Waals surface area contributed by atoms with E-state index in [-0.39, 0.29) is 22.8 Å². The van der Waals surface area contributed by atoms with Crippen LogP contribution in [0.4, 0.5) is 4.39 Å². The van der Waals surface area contributed by atoms with E-state index >= 15 is 4.39 Å². The second-order valence-electron chi connectivity index (χ2n) is 15.4. The zero-order valence-corrected chi connectivity index (χ0v) is 31.4. The molecule has 0 radical (unpaired) electrons. The highest BCUT2D eigenvalue weighted by Crippen LogP contribution is 2.40. The SMILES string of the molecule is Cn1nc2nc1-c1cc(ccn1)S(=O)c1c(F)cc3[nH]ccc3c1CCS(=O)(=O)CC(C)(C)CCC[C@]2(C)c1cccc(CC(C)(C)C(=O)O)c1. The molecule has 0 saturated carbocycles. The third-order valence-electron chi connectivity index (χ3n) is 10.1. The Morgan fingerprint density at radius 1 is 1.12 bits per heavy atom. The van der Waals surface area contributed by atoms with E-state index in [2.05, 4.69) is 16.9 Å². The van der Waals surface area contributed by atoms with Gasteiger partial charge in [0.15, 0.2) is 21.5 Å². The minimum atomic E-state index is -3.62. The Kier molecular flexibility index (Phi) is 9.60. The zero-order valence-electron chi connectivity index (χ0n) is 29.8. The van der Waals surface area contributed by atoms with Gasteiger partial charge >= 0.3 is 5.97 Å². The number of aryl methyl sites for hydroxylation is 2. The van der Waals surface area contributed by atoms with Crippen LogP contribution in [0.5, 0.6) is 0 Å². The summed E-state index contributed by atoms with van der Waals surface area (Å²) >= 11 is 0. The molecule has 0 aliphatic carbocycles. The van der Waals surface area contributed by atoms with Gasteiger partial charge in [-0.25, -0.2) is 26.7 Å². The molecule has 2 N–H and O–H groups in total. The number of aromatic amines is 1. The average molecular weight is 734 g/mol. The van der Waals surface area contributed by atoms with Crippen LogP contribution in [0.15, 0.2) is 70.7 Å². The Hall–Kier alpha value is -4.23. The fourth-order valence-electron chi connectivity index (χ4n) is 7.19. The van der Waals surface area contributed by atoms with Crippen LogP contribution in [0.25, 0.3) is 22.4 Å². The molecule has 0 saturated heterocycles. The first-order valence-electron chi connectivity index (χ1n) is 17.0. The first-order chi connectivity index (χ1) is 23.9. The van der Waals surface area contributed by atoms with E-state index in [1.807, 2.05) is 38.1 Å². The Balaban J connectivity index is 1.50. The molecule has 1 aliphatic rings. The molecule has 2 atom stereocenters. The van der Waals surface area contributed by atoms with Crippen LogP contribution >= 0.6 is 0 Å². The van der Waals surface area contributed by atoms with Crippen LogP contribution in [0.2, 0.25) is 0 Å². The molecule has 3 aromatic heterocycles. The second-order valence-corrected chi connectivity index (χ2v) is 19.0. The fourth-order valence-corrected chi connectivity index (χ4v) is 10.5. The molecular weight excluding hydrogens is 690 g/mol. The summed E-state index contributed by atoms with van der Waals surface area (Å²) in [5.74, 6) is -0.909. The number of nitrogens with zero attached hydrogens (tertiary/aromatic N) is 4. The molecule has 0 amide bonds. The summed E-state index contributed by atoms with van der Waals surface area (Å²) in [5.41, 5.74) is 0.770. The number of aromatic nitrogens is 5. The number of carbonyl (C=O) groups is 1. The van der Waals surface area contributed by atoms with Crippen LogP contribution in [0.1, 0.15) is 76.4 Å². The summed E-state index contributed by atoms with van der Waals surface area (Å²) in [6.07, 6.45) is 5.32. The van der Waals surface area contributed by atoms with Gasteiger partial charge in [-0.1, -0.05) is 44.5 Å². The summed E-state index contributed by atoms with van der Waals surface area (Å²) in [7, 11) is -3.87. The number of aliphatic carboxylic acids is 1. The van der Waals surface area contributed by atoms with Crippen molar-refractivity contribution < 1.29 is 26.9 Å². The third kappa shape index (κ3) is 7.41. The minimum absolute atomic E-state index is 0.00326. The Bertz CT molecular complexity index is 2280. The van der Waals surface area contributed by atoms with Crippen molar-refractivity contribution >= 4 is 37.5 Å². The summed E-state index contributed by atoms with van der Waals surface area (Å²) < 4.78 is 59.1. The Morgan fingerprint density at radius 3 is 2.63 bits per heavy atom. The molecule has 270 valence electrons. The third-order valence-corrected chi connectivity index (χ3v) is 13.6. The van der Waals surface area contributed by atoms with Crippen molar-refractivity contribution in [2.24, 2.45) is 17.9 Å². The number of H-pyrrole nitrogens is 1. The molecule has 4 heterocycles. The number of hydrogen-bond donors (Lipinski definition) is 2. The smallest absolute Gasteiger partial charge is 0.309 e. The first kappa shape index (κ1) is 36.6. The molecule has 0 spiro atoms. The number of nitrogens with one attached hydrogen (secondary N) is 1. The molecular formula is C38H44FN5O5S2. The number of benzene rings is 2. The van der Waals surface area contributed by atoms with Crippen LogP contribution in [0, 0.1) is 16.6 Å². The van der Waals surface area contributed by atoms with Gasteiger partial charge < -0.3 is 10.1 Å². The second kappa shape index (κ2) is 13.4. The topological polar surface area (TPSA) is 148 Å². The lowest BCUT2D eigenvalue weighted by Gasteiger charge is -2.31. The lowest BCUT2D eigenvalue weighted by molar-refractivity contribution is -0.146. The van der Waals surface area contributed by atoms with E-state index in [4.69, 9.17) is 10.1 Å². The summed E-state index contributed by atoms with van der Waals surface area (Å²) in [5, 5.41) is 15.3. The number of carboxylic acid groups (broad SMARTS) is 1. The maximum Gasteiger partial charge on any atom is 0.309 e. The summed E-state index contributed by atoms with van der Waals surface area (Å²) in [6.45, 7) is 9.33. The predicted molar refractivity (Wildman–Crippen MR) is 195 cm³/mol. The molecule has 2 aromatic carbocycles. The van der Waals surface area contributed by atoms with Gasteiger partial charge in [0.05, 0.1) is 38.0 Å². The van der Waals surface area contributed by atoms with E-state index in [1.54, 1.807) is 50.0 Å². The van der Waals surface area contributed by atoms with Gasteiger partial charge in [0.1, 0.15) is 11.5 Å². The number of pyridine rings is 1. The number of hydrogen-bond acceptors (Lipinski definition) is 7. The van der Waals surface area contributed by atoms with Gasteiger partial charge in [0.25, 0.3) is 0 Å². The van der Waals surface area contributed by atoms with E-state index in [1.165, 1.54) is 12.3 Å². The van der Waals surface area contributed by atoms with Gasteiger partial charge in [-0.15, -0.1) is 0 Å². The van der Waals surface area contributed by atoms with E-state index in [0.29, 0.717) is 64.4 Å². The van der Waals surface area contributed by atoms with Crippen molar-refractivity contribution in [2.45, 2.75) is 81.9 Å². The Labute approximate surface area is 300 Å². The largest absolute Gasteiger partial charge is 0.481 e. The maximum absolute atomic E-state index is 15.9. The molecule has 1 aliphatic heterocycles. The first-order valence-corrected chi connectivity index (χ1v) is 20.0. The fraction of sp³-hybridized carbons (Fsp3) is 0.421. The van der Waals surface area contributed by atoms with Crippen LogP contribution in [-0.2, 0) is 50.7 Å². The molecule has 13 heteroatoms. The monoisotopic (exact) mass is 733 g/mol. The van der Waals surface area contributed by atoms with Crippen LogP contribution < -0.4 is 0 Å². The van der Waals surface area contributed by atoms with Crippen molar-refractivity contribution in [2.75, 3.05) is 11.5 Å². The van der Waals surface area contributed by atoms with Gasteiger partial charge in [0.2, 0.25) is 0 Å². The highest BCUT2D eigenvalue weighted by Gasteiger charge is 2.37. The van der Waals surface area contributed by atoms with Crippen molar-refractivity contribution in [3.63, 3.8) is 0 Å². The van der Waals surface area contributed by atoms with Crippen molar-refractivity contribution in [3.8, 4) is 11.5 Å². The number of carboxylic acids is 1. The van der Waals surface area contributed by atoms with E-state index < -0.39 is 48.7 Å². The lowest BCUT2D eigenvalue weighted by atomic mass is 9.74. The van der Waals surface area contributed by atoms with Gasteiger partial charge in [-0.3, -0.25) is 9.78 Å². The predicted octanol–water partition coefficient (Wildman–Crippen LogP) is 6.79. The lowest BCUT2D eigenvalue weighted by Crippen LogP contribution is -2.30. The molecule has 5 aromatic rings. The number of fused-ring (bicyclic) bond motifs is 8. The van der Waals surface area contributed by atoms with E-state index in [0.717, 1.165) is 11.1 Å². The number of halogens is 1. The quantitative estimate of drug-likeness (QED) is 0.205. The number of sulfone groups is 1. The molecule has 4 bridgehead atoms. The van der Waals surface area contributed by atoms with Gasteiger partial charge in [-0.05, 0) is 92.8 Å². The maximum atomic E-state index is 15.9. The molecule has 51 heavy (non-hydrogen) atoms. The summed E-state index contributed by atoms with van der Waals surface area (Å²) in [6, 6.07) is 14.1. The summed E-state index contributed by atoms with van der Waals surface area (Å²) in [4.78, 5) is 24.8. The normalized spacial score (nSPS) is 21.0. The average Bonchev–Trinajstić information content (AvgIpc) is 3.68. The van der Waals surface area contributed by atoms with Crippen LogP contribution in [-0.4, -0.2) is 59.9 Å². The molecule has 10 nitrogen and oxygen atoms in total.